The molecule has 0 aliphatic heterocycles. The van der Waals surface area contributed by atoms with E-state index in [-0.39, 0.29) is 5.91 Å². The minimum absolute atomic E-state index is 0.0525. The van der Waals surface area contributed by atoms with Crippen molar-refractivity contribution in [3.8, 4) is 11.6 Å². The molecule has 0 fully saturated rings. The second kappa shape index (κ2) is 7.62. The Hall–Kier alpha value is -3.14. The minimum Gasteiger partial charge on any atom is -0.439 e. The number of hydrogen-bond donors (Lipinski definition) is 0. The van der Waals surface area contributed by atoms with Gasteiger partial charge in [-0.15, -0.1) is 0 Å². The largest absolute Gasteiger partial charge is 0.439 e. The van der Waals surface area contributed by atoms with Crippen LogP contribution >= 0.6 is 0 Å². The number of anilines is 1. The first-order chi connectivity index (χ1) is 12.2. The number of nitrogens with zero attached hydrogens (tertiary/aromatic N) is 2. The quantitative estimate of drug-likeness (QED) is 0.671. The number of para-hydroxylation sites is 1. The molecule has 2 aromatic carbocycles. The number of pyridine rings is 1. The van der Waals surface area contributed by atoms with Gasteiger partial charge in [-0.1, -0.05) is 30.3 Å². The maximum atomic E-state index is 13.0. The number of aromatic nitrogens is 1. The molecule has 25 heavy (non-hydrogen) atoms. The molecule has 0 atom stereocenters. The van der Waals surface area contributed by atoms with Crippen LogP contribution in [0.1, 0.15) is 22.8 Å². The van der Waals surface area contributed by atoms with Crippen LogP contribution in [0.5, 0.6) is 11.6 Å². The lowest BCUT2D eigenvalue weighted by Gasteiger charge is -2.23. The van der Waals surface area contributed by atoms with Crippen LogP contribution in [-0.2, 0) is 0 Å². The third-order valence-corrected chi connectivity index (χ3v) is 3.91. The van der Waals surface area contributed by atoms with Gasteiger partial charge in [-0.25, -0.2) is 4.98 Å². The van der Waals surface area contributed by atoms with Crippen LogP contribution in [-0.4, -0.2) is 17.4 Å². The van der Waals surface area contributed by atoms with E-state index in [4.69, 9.17) is 4.74 Å². The second-order valence-corrected chi connectivity index (χ2v) is 5.63. The Bertz CT molecular complexity index is 863. The van der Waals surface area contributed by atoms with E-state index < -0.39 is 0 Å². The predicted octanol–water partition coefficient (Wildman–Crippen LogP) is 4.85. The molecule has 1 amide bonds. The Morgan fingerprint density at radius 2 is 1.84 bits per heavy atom. The van der Waals surface area contributed by atoms with Gasteiger partial charge in [-0.05, 0) is 49.7 Å². The van der Waals surface area contributed by atoms with Crippen molar-refractivity contribution in [3.05, 3.63) is 84.1 Å². The highest BCUT2D eigenvalue weighted by Gasteiger charge is 2.18. The fourth-order valence-electron chi connectivity index (χ4n) is 2.67. The van der Waals surface area contributed by atoms with Crippen molar-refractivity contribution >= 4 is 11.6 Å². The molecule has 0 saturated carbocycles. The summed E-state index contributed by atoms with van der Waals surface area (Å²) in [5.41, 5.74) is 2.57. The second-order valence-electron chi connectivity index (χ2n) is 5.63. The molecule has 0 aliphatic rings. The molecule has 3 aromatic rings. The number of rotatable bonds is 5. The van der Waals surface area contributed by atoms with Crippen molar-refractivity contribution in [2.45, 2.75) is 13.8 Å². The zero-order chi connectivity index (χ0) is 17.6. The summed E-state index contributed by atoms with van der Waals surface area (Å²) >= 11 is 0. The summed E-state index contributed by atoms with van der Waals surface area (Å²) in [6, 6.07) is 20.5. The number of amides is 1. The van der Waals surface area contributed by atoms with Crippen molar-refractivity contribution in [1.29, 1.82) is 0 Å². The monoisotopic (exact) mass is 332 g/mol. The van der Waals surface area contributed by atoms with E-state index >= 15 is 0 Å². The molecule has 0 bridgehead atoms. The SMILES string of the molecule is CCN(C(=O)c1cccc(Oc2ccccn2)c1)c1ccccc1C. The lowest BCUT2D eigenvalue weighted by atomic mass is 10.1. The van der Waals surface area contributed by atoms with Gasteiger partial charge < -0.3 is 9.64 Å². The highest BCUT2D eigenvalue weighted by Crippen LogP contribution is 2.24. The molecule has 3 rings (SSSR count). The van der Waals surface area contributed by atoms with Gasteiger partial charge in [-0.3, -0.25) is 4.79 Å². The molecular weight excluding hydrogens is 312 g/mol. The maximum Gasteiger partial charge on any atom is 0.258 e. The van der Waals surface area contributed by atoms with Gasteiger partial charge in [0.2, 0.25) is 5.88 Å². The Kier molecular flexibility index (Phi) is 5.09. The molecule has 126 valence electrons. The molecule has 1 heterocycles. The third kappa shape index (κ3) is 3.86. The van der Waals surface area contributed by atoms with Crippen molar-refractivity contribution in [3.63, 3.8) is 0 Å². The van der Waals surface area contributed by atoms with Gasteiger partial charge in [0.05, 0.1) is 0 Å². The van der Waals surface area contributed by atoms with E-state index in [0.29, 0.717) is 23.7 Å². The maximum absolute atomic E-state index is 13.0. The molecule has 0 spiro atoms. The van der Waals surface area contributed by atoms with Gasteiger partial charge in [-0.2, -0.15) is 0 Å². The average Bonchev–Trinajstić information content (AvgIpc) is 2.65. The highest BCUT2D eigenvalue weighted by molar-refractivity contribution is 6.06. The molecule has 1 aromatic heterocycles. The van der Waals surface area contributed by atoms with E-state index in [1.165, 1.54) is 0 Å². The van der Waals surface area contributed by atoms with Crippen LogP contribution in [0.3, 0.4) is 0 Å². The average molecular weight is 332 g/mol. The van der Waals surface area contributed by atoms with E-state index in [0.717, 1.165) is 11.3 Å². The number of benzene rings is 2. The predicted molar refractivity (Wildman–Crippen MR) is 99.3 cm³/mol. The summed E-state index contributed by atoms with van der Waals surface area (Å²) in [5, 5.41) is 0. The summed E-state index contributed by atoms with van der Waals surface area (Å²) in [5.74, 6) is 1.03. The third-order valence-electron chi connectivity index (χ3n) is 3.91. The zero-order valence-electron chi connectivity index (χ0n) is 14.3. The van der Waals surface area contributed by atoms with Gasteiger partial charge in [0.25, 0.3) is 5.91 Å². The van der Waals surface area contributed by atoms with E-state index in [1.54, 1.807) is 29.3 Å². The van der Waals surface area contributed by atoms with Crippen LogP contribution in [0.25, 0.3) is 0 Å². The first-order valence-corrected chi connectivity index (χ1v) is 8.25. The van der Waals surface area contributed by atoms with Gasteiger partial charge in [0.15, 0.2) is 0 Å². The normalized spacial score (nSPS) is 10.3. The molecule has 0 unspecified atom stereocenters. The number of ether oxygens (including phenoxy) is 1. The first-order valence-electron chi connectivity index (χ1n) is 8.25. The van der Waals surface area contributed by atoms with Crippen molar-refractivity contribution < 1.29 is 9.53 Å². The Balaban J connectivity index is 1.86. The van der Waals surface area contributed by atoms with Crippen LogP contribution in [0, 0.1) is 6.92 Å². The van der Waals surface area contributed by atoms with Crippen LogP contribution in [0.4, 0.5) is 5.69 Å². The smallest absolute Gasteiger partial charge is 0.258 e. The summed E-state index contributed by atoms with van der Waals surface area (Å²) in [6.07, 6.45) is 1.67. The van der Waals surface area contributed by atoms with Crippen molar-refractivity contribution in [2.75, 3.05) is 11.4 Å². The number of hydrogen-bond acceptors (Lipinski definition) is 3. The van der Waals surface area contributed by atoms with Gasteiger partial charge in [0, 0.05) is 30.1 Å². The Morgan fingerprint density at radius 3 is 2.56 bits per heavy atom. The number of carbonyl (C=O) groups excluding carboxylic acids is 1. The lowest BCUT2D eigenvalue weighted by molar-refractivity contribution is 0.0988. The zero-order valence-corrected chi connectivity index (χ0v) is 14.3. The fraction of sp³-hybridized carbons (Fsp3) is 0.143. The highest BCUT2D eigenvalue weighted by atomic mass is 16.5. The summed E-state index contributed by atoms with van der Waals surface area (Å²) in [6.45, 7) is 4.57. The van der Waals surface area contributed by atoms with Gasteiger partial charge >= 0.3 is 0 Å². The van der Waals surface area contributed by atoms with Crippen LogP contribution in [0.15, 0.2) is 72.9 Å². The van der Waals surface area contributed by atoms with Gasteiger partial charge in [0.1, 0.15) is 5.75 Å². The Labute approximate surface area is 147 Å². The Morgan fingerprint density at radius 1 is 1.04 bits per heavy atom. The molecule has 4 nitrogen and oxygen atoms in total. The van der Waals surface area contributed by atoms with Crippen LogP contribution < -0.4 is 9.64 Å². The number of carbonyl (C=O) groups is 1. The molecule has 0 N–H and O–H groups in total. The summed E-state index contributed by atoms with van der Waals surface area (Å²) in [4.78, 5) is 18.9. The number of aryl methyl sites for hydroxylation is 1. The van der Waals surface area contributed by atoms with E-state index in [9.17, 15) is 4.79 Å². The minimum atomic E-state index is -0.0525. The molecule has 0 aliphatic carbocycles. The first kappa shape index (κ1) is 16.7. The van der Waals surface area contributed by atoms with Crippen molar-refractivity contribution in [1.82, 2.24) is 4.98 Å². The lowest BCUT2D eigenvalue weighted by Crippen LogP contribution is -2.31. The van der Waals surface area contributed by atoms with E-state index in [1.807, 2.05) is 62.4 Å². The summed E-state index contributed by atoms with van der Waals surface area (Å²) in [7, 11) is 0. The molecular formula is C21H20N2O2. The standard InChI is InChI=1S/C21H20N2O2/c1-3-23(19-12-5-4-9-16(19)2)21(24)17-10-8-11-18(15-17)25-20-13-6-7-14-22-20/h4-15H,3H2,1-2H3. The molecule has 0 saturated heterocycles. The van der Waals surface area contributed by atoms with Crippen LogP contribution in [0.2, 0.25) is 0 Å². The molecule has 4 heteroatoms. The summed E-state index contributed by atoms with van der Waals surface area (Å²) < 4.78 is 5.73. The van der Waals surface area contributed by atoms with Crippen molar-refractivity contribution in [2.24, 2.45) is 0 Å². The fourth-order valence-corrected chi connectivity index (χ4v) is 2.67. The molecule has 0 radical (unpaired) electrons. The van der Waals surface area contributed by atoms with E-state index in [2.05, 4.69) is 4.98 Å². The topological polar surface area (TPSA) is 42.4 Å².